The first-order valence-corrected chi connectivity index (χ1v) is 6.25. The van der Waals surface area contributed by atoms with Crippen LogP contribution in [0.1, 0.15) is 13.8 Å². The third-order valence-corrected chi connectivity index (χ3v) is 2.89. The lowest BCUT2D eigenvalue weighted by molar-refractivity contribution is 0.219. The number of anilines is 1. The van der Waals surface area contributed by atoms with Gasteiger partial charge in [-0.1, -0.05) is 0 Å². The summed E-state index contributed by atoms with van der Waals surface area (Å²) in [5.41, 5.74) is 5.26. The van der Waals surface area contributed by atoms with E-state index in [1.54, 1.807) is 7.05 Å². The van der Waals surface area contributed by atoms with Crippen molar-refractivity contribution in [3.05, 3.63) is 10.5 Å². The molecule has 0 aliphatic heterocycles. The number of rotatable bonds is 4. The van der Waals surface area contributed by atoms with E-state index in [0.717, 1.165) is 11.8 Å². The fraction of sp³-hybridized carbons (Fsp3) is 0.444. The van der Waals surface area contributed by atoms with E-state index in [9.17, 15) is 4.79 Å². The smallest absolute Gasteiger partial charge is 0.343 e. The minimum Gasteiger partial charge on any atom is -0.461 e. The predicted molar refractivity (Wildman–Crippen MR) is 68.0 cm³/mol. The van der Waals surface area contributed by atoms with Gasteiger partial charge in [0.2, 0.25) is 11.1 Å². The van der Waals surface area contributed by atoms with Crippen molar-refractivity contribution in [2.75, 3.05) is 5.73 Å². The van der Waals surface area contributed by atoms with Crippen molar-refractivity contribution < 1.29 is 4.74 Å². The summed E-state index contributed by atoms with van der Waals surface area (Å²) in [6.07, 6.45) is -0.0746. The highest BCUT2D eigenvalue weighted by molar-refractivity contribution is 7.99. The molecule has 0 spiro atoms. The molecule has 2 aromatic heterocycles. The van der Waals surface area contributed by atoms with Gasteiger partial charge >= 0.3 is 11.7 Å². The molecule has 2 rings (SSSR count). The monoisotopic (exact) mass is 283 g/mol. The first-order chi connectivity index (χ1) is 8.95. The number of aromatic nitrogens is 6. The normalized spacial score (nSPS) is 10.9. The van der Waals surface area contributed by atoms with Crippen molar-refractivity contribution in [2.24, 2.45) is 7.05 Å². The van der Waals surface area contributed by atoms with Crippen LogP contribution in [0.25, 0.3) is 0 Å². The van der Waals surface area contributed by atoms with Gasteiger partial charge in [-0.05, 0) is 25.6 Å². The van der Waals surface area contributed by atoms with Gasteiger partial charge in [-0.25, -0.2) is 9.89 Å². The van der Waals surface area contributed by atoms with Gasteiger partial charge in [-0.15, -0.1) is 5.10 Å². The molecule has 0 saturated heterocycles. The predicted octanol–water partition coefficient (Wildman–Crippen LogP) is -0.186. The van der Waals surface area contributed by atoms with E-state index in [2.05, 4.69) is 25.1 Å². The SMILES string of the molecule is CC(C)Oc1nc(N)nc(Sc2n[nH]c(=O)n2C)n1. The zero-order valence-corrected chi connectivity index (χ0v) is 11.4. The fourth-order valence-electron chi connectivity index (χ4n) is 1.17. The standard InChI is InChI=1S/C9H13N7O2S/c1-4(2)18-6-11-5(10)12-7(13-6)19-9-15-14-8(17)16(9)3/h4H,1-3H3,(H,14,17)(H2,10,11,12,13). The van der Waals surface area contributed by atoms with E-state index >= 15 is 0 Å². The molecule has 0 aliphatic rings. The van der Waals surface area contributed by atoms with Crippen molar-refractivity contribution in [3.63, 3.8) is 0 Å². The van der Waals surface area contributed by atoms with Crippen molar-refractivity contribution in [2.45, 2.75) is 30.3 Å². The molecule has 102 valence electrons. The first-order valence-electron chi connectivity index (χ1n) is 5.43. The van der Waals surface area contributed by atoms with Crippen LogP contribution in [0.3, 0.4) is 0 Å². The zero-order valence-electron chi connectivity index (χ0n) is 10.6. The van der Waals surface area contributed by atoms with E-state index < -0.39 is 0 Å². The Balaban J connectivity index is 2.27. The lowest BCUT2D eigenvalue weighted by Gasteiger charge is -2.08. The molecule has 2 heterocycles. The van der Waals surface area contributed by atoms with Crippen LogP contribution in [-0.2, 0) is 7.05 Å². The van der Waals surface area contributed by atoms with Gasteiger partial charge in [0, 0.05) is 7.05 Å². The second kappa shape index (κ2) is 5.26. The molecule has 0 amide bonds. The summed E-state index contributed by atoms with van der Waals surface area (Å²) >= 11 is 1.09. The van der Waals surface area contributed by atoms with E-state index in [1.807, 2.05) is 13.8 Å². The summed E-state index contributed by atoms with van der Waals surface area (Å²) in [5.74, 6) is 0.0497. The fourth-order valence-corrected chi connectivity index (χ4v) is 1.90. The van der Waals surface area contributed by atoms with Gasteiger partial charge in [0.25, 0.3) is 0 Å². The van der Waals surface area contributed by atoms with Crippen molar-refractivity contribution in [1.29, 1.82) is 0 Å². The van der Waals surface area contributed by atoms with Crippen LogP contribution in [0.15, 0.2) is 15.1 Å². The number of nitrogens with one attached hydrogen (secondary N) is 1. The highest BCUT2D eigenvalue weighted by Gasteiger charge is 2.12. The highest BCUT2D eigenvalue weighted by atomic mass is 32.2. The van der Waals surface area contributed by atoms with Gasteiger partial charge < -0.3 is 10.5 Å². The molecule has 0 aliphatic carbocycles. The Labute approximate surface area is 112 Å². The Morgan fingerprint density at radius 3 is 2.68 bits per heavy atom. The van der Waals surface area contributed by atoms with E-state index in [0.29, 0.717) is 10.3 Å². The average molecular weight is 283 g/mol. The molecule has 0 saturated carbocycles. The summed E-state index contributed by atoms with van der Waals surface area (Å²) < 4.78 is 6.70. The molecular formula is C9H13N7O2S. The number of nitrogens with zero attached hydrogens (tertiary/aromatic N) is 5. The number of nitrogen functional groups attached to an aromatic ring is 1. The maximum atomic E-state index is 11.2. The first kappa shape index (κ1) is 13.3. The minimum absolute atomic E-state index is 0.0497. The number of hydrogen-bond donors (Lipinski definition) is 2. The molecule has 10 heteroatoms. The molecule has 9 nitrogen and oxygen atoms in total. The van der Waals surface area contributed by atoms with Crippen LogP contribution in [0.5, 0.6) is 6.01 Å². The van der Waals surface area contributed by atoms with Crippen LogP contribution in [0, 0.1) is 0 Å². The van der Waals surface area contributed by atoms with Crippen LogP contribution in [-0.4, -0.2) is 35.8 Å². The Kier molecular flexibility index (Phi) is 3.69. The Hall–Kier alpha value is -2.10. The summed E-state index contributed by atoms with van der Waals surface area (Å²) in [7, 11) is 1.59. The topological polar surface area (TPSA) is 125 Å². The lowest BCUT2D eigenvalue weighted by atomic mass is 10.5. The molecular weight excluding hydrogens is 270 g/mol. The van der Waals surface area contributed by atoms with Crippen LogP contribution < -0.4 is 16.2 Å². The third kappa shape index (κ3) is 3.22. The quantitative estimate of drug-likeness (QED) is 0.791. The summed E-state index contributed by atoms with van der Waals surface area (Å²) in [6.45, 7) is 3.70. The molecule has 0 fully saturated rings. The summed E-state index contributed by atoms with van der Waals surface area (Å²) in [6, 6.07) is 0.144. The molecule has 0 atom stereocenters. The van der Waals surface area contributed by atoms with Gasteiger partial charge in [0.15, 0.2) is 5.16 Å². The number of nitrogens with two attached hydrogens (primary N) is 1. The van der Waals surface area contributed by atoms with E-state index in [1.165, 1.54) is 4.57 Å². The number of H-pyrrole nitrogens is 1. The van der Waals surface area contributed by atoms with Gasteiger partial charge in [0.1, 0.15) is 0 Å². The van der Waals surface area contributed by atoms with Gasteiger partial charge in [-0.2, -0.15) is 15.0 Å². The Bertz CT molecular complexity index is 636. The maximum Gasteiger partial charge on any atom is 0.343 e. The summed E-state index contributed by atoms with van der Waals surface area (Å²) in [4.78, 5) is 23.1. The van der Waals surface area contributed by atoms with Crippen LogP contribution in [0.4, 0.5) is 5.95 Å². The number of hydrogen-bond acceptors (Lipinski definition) is 8. The van der Waals surface area contributed by atoms with Crippen molar-refractivity contribution in [1.82, 2.24) is 29.7 Å². The Morgan fingerprint density at radius 2 is 2.11 bits per heavy atom. The minimum atomic E-state index is -0.316. The van der Waals surface area contributed by atoms with Crippen LogP contribution >= 0.6 is 11.8 Å². The van der Waals surface area contributed by atoms with Gasteiger partial charge in [-0.3, -0.25) is 4.57 Å². The Morgan fingerprint density at radius 1 is 1.37 bits per heavy atom. The molecule has 3 N–H and O–H groups in total. The number of ether oxygens (including phenoxy) is 1. The third-order valence-electron chi connectivity index (χ3n) is 1.97. The zero-order chi connectivity index (χ0) is 14.0. The second-order valence-corrected chi connectivity index (χ2v) is 4.83. The molecule has 19 heavy (non-hydrogen) atoms. The molecule has 0 radical (unpaired) electrons. The maximum absolute atomic E-state index is 11.2. The van der Waals surface area contributed by atoms with Crippen molar-refractivity contribution in [3.8, 4) is 6.01 Å². The van der Waals surface area contributed by atoms with Crippen LogP contribution in [0.2, 0.25) is 0 Å². The van der Waals surface area contributed by atoms with Crippen molar-refractivity contribution >= 4 is 17.7 Å². The lowest BCUT2D eigenvalue weighted by Crippen LogP contribution is -2.13. The largest absolute Gasteiger partial charge is 0.461 e. The second-order valence-electron chi connectivity index (χ2n) is 3.90. The molecule has 2 aromatic rings. The average Bonchev–Trinajstić information content (AvgIpc) is 2.59. The van der Waals surface area contributed by atoms with E-state index in [4.69, 9.17) is 10.5 Å². The molecule has 0 bridgehead atoms. The highest BCUT2D eigenvalue weighted by Crippen LogP contribution is 2.22. The molecule has 0 unspecified atom stereocenters. The van der Waals surface area contributed by atoms with E-state index in [-0.39, 0.29) is 23.8 Å². The molecule has 0 aromatic carbocycles. The van der Waals surface area contributed by atoms with Gasteiger partial charge in [0.05, 0.1) is 6.10 Å². The summed E-state index contributed by atoms with van der Waals surface area (Å²) in [5, 5.41) is 6.89. The number of aromatic amines is 1.